The predicted molar refractivity (Wildman–Crippen MR) is 99.8 cm³/mol. The highest BCUT2D eigenvalue weighted by atomic mass is 79.9. The number of thioether (sulfide) groups is 1. The van der Waals surface area contributed by atoms with Crippen molar-refractivity contribution < 1.29 is 9.72 Å². The molecule has 3 aromatic rings. The van der Waals surface area contributed by atoms with Gasteiger partial charge in [0.25, 0.3) is 5.69 Å². The van der Waals surface area contributed by atoms with Crippen LogP contribution in [-0.4, -0.2) is 21.6 Å². The molecule has 3 rings (SSSR count). The van der Waals surface area contributed by atoms with Gasteiger partial charge in [-0.2, -0.15) is 0 Å². The number of thiazole rings is 1. The number of rotatable bonds is 5. The van der Waals surface area contributed by atoms with Crippen molar-refractivity contribution in [1.29, 1.82) is 0 Å². The molecule has 1 amide bonds. The third kappa shape index (κ3) is 3.92. The van der Waals surface area contributed by atoms with Gasteiger partial charge in [0.05, 0.1) is 26.6 Å². The Balaban J connectivity index is 1.62. The highest BCUT2D eigenvalue weighted by molar-refractivity contribution is 9.10. The molecule has 0 aliphatic rings. The molecule has 0 radical (unpaired) electrons. The summed E-state index contributed by atoms with van der Waals surface area (Å²) >= 11 is 6.13. The molecule has 0 atom stereocenters. The van der Waals surface area contributed by atoms with E-state index in [1.807, 2.05) is 24.3 Å². The molecule has 1 aromatic heterocycles. The summed E-state index contributed by atoms with van der Waals surface area (Å²) in [6, 6.07) is 12.0. The van der Waals surface area contributed by atoms with Crippen LogP contribution in [0.4, 0.5) is 11.4 Å². The quantitative estimate of drug-likeness (QED) is 0.365. The molecule has 0 spiro atoms. The fourth-order valence-corrected chi connectivity index (χ4v) is 4.28. The van der Waals surface area contributed by atoms with Crippen LogP contribution in [0.5, 0.6) is 0 Å². The number of carbonyl (C=O) groups is 1. The van der Waals surface area contributed by atoms with E-state index in [1.165, 1.54) is 30.0 Å². The summed E-state index contributed by atoms with van der Waals surface area (Å²) in [7, 11) is 0. The normalized spacial score (nSPS) is 10.7. The molecule has 24 heavy (non-hydrogen) atoms. The Kier molecular flexibility index (Phi) is 5.12. The highest BCUT2D eigenvalue weighted by Gasteiger charge is 2.12. The first-order valence-electron chi connectivity index (χ1n) is 6.75. The molecule has 1 N–H and O–H groups in total. The SMILES string of the molecule is O=C(CSc1nc2ccccc2s1)Nc1ccc([N+](=O)[O-])cc1Br. The van der Waals surface area contributed by atoms with Gasteiger partial charge in [0.2, 0.25) is 5.91 Å². The highest BCUT2D eigenvalue weighted by Crippen LogP contribution is 2.30. The zero-order valence-electron chi connectivity index (χ0n) is 12.1. The number of amides is 1. The number of hydrogen-bond donors (Lipinski definition) is 1. The molecular formula is C15H10BrN3O3S2. The molecule has 0 unspecified atom stereocenters. The van der Waals surface area contributed by atoms with Gasteiger partial charge in [0.1, 0.15) is 0 Å². The smallest absolute Gasteiger partial charge is 0.270 e. The van der Waals surface area contributed by atoms with Gasteiger partial charge < -0.3 is 5.32 Å². The number of nitrogens with one attached hydrogen (secondary N) is 1. The van der Waals surface area contributed by atoms with Crippen molar-refractivity contribution in [3.05, 3.63) is 57.1 Å². The number of anilines is 1. The largest absolute Gasteiger partial charge is 0.324 e. The van der Waals surface area contributed by atoms with Crippen molar-refractivity contribution in [2.45, 2.75) is 4.34 Å². The second-order valence-electron chi connectivity index (χ2n) is 4.71. The van der Waals surface area contributed by atoms with Gasteiger partial charge in [0, 0.05) is 16.6 Å². The number of non-ortho nitro benzene ring substituents is 1. The second kappa shape index (κ2) is 7.29. The summed E-state index contributed by atoms with van der Waals surface area (Å²) in [6.07, 6.45) is 0. The van der Waals surface area contributed by atoms with E-state index in [1.54, 1.807) is 11.3 Å². The van der Waals surface area contributed by atoms with E-state index < -0.39 is 4.92 Å². The summed E-state index contributed by atoms with van der Waals surface area (Å²) < 4.78 is 2.38. The van der Waals surface area contributed by atoms with Crippen LogP contribution in [0.25, 0.3) is 10.2 Å². The number of carbonyl (C=O) groups excluding carboxylic acids is 1. The Bertz CT molecular complexity index is 896. The minimum atomic E-state index is -0.487. The molecule has 0 saturated carbocycles. The zero-order chi connectivity index (χ0) is 17.1. The number of fused-ring (bicyclic) bond motifs is 1. The van der Waals surface area contributed by atoms with Gasteiger partial charge in [-0.1, -0.05) is 23.9 Å². The van der Waals surface area contributed by atoms with Gasteiger partial charge in [0.15, 0.2) is 4.34 Å². The molecule has 2 aromatic carbocycles. The molecule has 0 aliphatic carbocycles. The van der Waals surface area contributed by atoms with E-state index in [-0.39, 0.29) is 17.3 Å². The number of nitrogens with zero attached hydrogens (tertiary/aromatic N) is 2. The maximum absolute atomic E-state index is 12.1. The molecule has 6 nitrogen and oxygen atoms in total. The van der Waals surface area contributed by atoms with E-state index in [9.17, 15) is 14.9 Å². The van der Waals surface area contributed by atoms with Crippen LogP contribution in [0, 0.1) is 10.1 Å². The molecule has 9 heteroatoms. The summed E-state index contributed by atoms with van der Waals surface area (Å²) in [5, 5.41) is 13.4. The average molecular weight is 424 g/mol. The van der Waals surface area contributed by atoms with Gasteiger partial charge in [-0.25, -0.2) is 4.98 Å². The van der Waals surface area contributed by atoms with Crippen LogP contribution < -0.4 is 5.32 Å². The van der Waals surface area contributed by atoms with Crippen LogP contribution in [0.15, 0.2) is 51.3 Å². The minimum Gasteiger partial charge on any atom is -0.324 e. The fourth-order valence-electron chi connectivity index (χ4n) is 1.95. The van der Waals surface area contributed by atoms with Crippen molar-refractivity contribution in [2.24, 2.45) is 0 Å². The van der Waals surface area contributed by atoms with Gasteiger partial charge >= 0.3 is 0 Å². The number of halogens is 1. The van der Waals surface area contributed by atoms with Crippen LogP contribution in [0.3, 0.4) is 0 Å². The first-order valence-corrected chi connectivity index (χ1v) is 9.34. The average Bonchev–Trinajstić information content (AvgIpc) is 2.97. The summed E-state index contributed by atoms with van der Waals surface area (Å²) in [5.41, 5.74) is 1.38. The fraction of sp³-hybridized carbons (Fsp3) is 0.0667. The lowest BCUT2D eigenvalue weighted by Gasteiger charge is -2.06. The lowest BCUT2D eigenvalue weighted by molar-refractivity contribution is -0.384. The number of para-hydroxylation sites is 1. The van der Waals surface area contributed by atoms with Crippen LogP contribution >= 0.6 is 39.0 Å². The number of aromatic nitrogens is 1. The van der Waals surface area contributed by atoms with Crippen molar-refractivity contribution in [3.63, 3.8) is 0 Å². The Hall–Kier alpha value is -1.97. The molecule has 122 valence electrons. The van der Waals surface area contributed by atoms with Gasteiger partial charge in [-0.05, 0) is 34.1 Å². The maximum atomic E-state index is 12.1. The second-order valence-corrected chi connectivity index (χ2v) is 7.81. The molecule has 0 fully saturated rings. The lowest BCUT2D eigenvalue weighted by atomic mass is 10.3. The van der Waals surface area contributed by atoms with E-state index in [4.69, 9.17) is 0 Å². The maximum Gasteiger partial charge on any atom is 0.270 e. The van der Waals surface area contributed by atoms with Crippen molar-refractivity contribution in [3.8, 4) is 0 Å². The number of nitro benzene ring substituents is 1. The third-order valence-corrected chi connectivity index (χ3v) is 5.87. The van der Waals surface area contributed by atoms with Crippen molar-refractivity contribution >= 4 is 66.5 Å². The zero-order valence-corrected chi connectivity index (χ0v) is 15.3. The number of benzene rings is 2. The Morgan fingerprint density at radius 2 is 2.12 bits per heavy atom. The monoisotopic (exact) mass is 423 g/mol. The van der Waals surface area contributed by atoms with Crippen molar-refractivity contribution in [2.75, 3.05) is 11.1 Å². The molecule has 1 heterocycles. The lowest BCUT2D eigenvalue weighted by Crippen LogP contribution is -2.14. The summed E-state index contributed by atoms with van der Waals surface area (Å²) in [6.45, 7) is 0. The van der Waals surface area contributed by atoms with Crippen molar-refractivity contribution in [1.82, 2.24) is 4.98 Å². The van der Waals surface area contributed by atoms with E-state index in [0.29, 0.717) is 10.2 Å². The van der Waals surface area contributed by atoms with E-state index in [0.717, 1.165) is 14.6 Å². The number of nitro groups is 1. The number of hydrogen-bond acceptors (Lipinski definition) is 6. The molecule has 0 aliphatic heterocycles. The molecule has 0 bridgehead atoms. The van der Waals surface area contributed by atoms with E-state index in [2.05, 4.69) is 26.2 Å². The summed E-state index contributed by atoms with van der Waals surface area (Å²) in [5.74, 6) is 0.0114. The first-order chi connectivity index (χ1) is 11.5. The van der Waals surface area contributed by atoms with Crippen LogP contribution in [0.2, 0.25) is 0 Å². The molecule has 0 saturated heterocycles. The van der Waals surface area contributed by atoms with Gasteiger partial charge in [-0.15, -0.1) is 11.3 Å². The van der Waals surface area contributed by atoms with Crippen LogP contribution in [-0.2, 0) is 4.79 Å². The molecular weight excluding hydrogens is 414 g/mol. The predicted octanol–water partition coefficient (Wildman–Crippen LogP) is 4.70. The van der Waals surface area contributed by atoms with Gasteiger partial charge in [-0.3, -0.25) is 14.9 Å². The van der Waals surface area contributed by atoms with E-state index >= 15 is 0 Å². The Morgan fingerprint density at radius 1 is 1.33 bits per heavy atom. The summed E-state index contributed by atoms with van der Waals surface area (Å²) in [4.78, 5) is 26.7. The minimum absolute atomic E-state index is 0.0382. The standard InChI is InChI=1S/C15H10BrN3O3S2/c16-10-7-9(19(21)22)5-6-11(10)17-14(20)8-23-15-18-12-3-1-2-4-13(12)24-15/h1-7H,8H2,(H,17,20). The third-order valence-electron chi connectivity index (χ3n) is 3.04. The Labute approximate surface area is 153 Å². The first kappa shape index (κ1) is 16.9. The van der Waals surface area contributed by atoms with Crippen LogP contribution in [0.1, 0.15) is 0 Å². The Morgan fingerprint density at radius 3 is 2.83 bits per heavy atom. The topological polar surface area (TPSA) is 85.1 Å².